The monoisotopic (exact) mass is 401 g/mol. The van der Waals surface area contributed by atoms with Gasteiger partial charge in [0, 0.05) is 18.0 Å². The second-order valence-corrected chi connectivity index (χ2v) is 7.85. The molecule has 0 aromatic carbocycles. The fraction of sp³-hybridized carbons (Fsp3) is 0.375. The minimum absolute atomic E-state index is 0.410. The first-order valence-corrected chi connectivity index (χ1v) is 10.6. The summed E-state index contributed by atoms with van der Waals surface area (Å²) in [5.41, 5.74) is 2.39. The maximum absolute atomic E-state index is 8.87. The molecule has 0 atom stereocenters. The van der Waals surface area contributed by atoms with E-state index in [2.05, 4.69) is 33.4 Å². The van der Waals surface area contributed by atoms with E-state index in [-0.39, 0.29) is 0 Å². The summed E-state index contributed by atoms with van der Waals surface area (Å²) in [6.45, 7) is 5.34. The van der Waals surface area contributed by atoms with Gasteiger partial charge in [0.15, 0.2) is 0 Å². The average Bonchev–Trinajstić information content (AvgIpc) is 3.20. The van der Waals surface area contributed by atoms with Gasteiger partial charge in [-0.15, -0.1) is 0 Å². The Balaban J connectivity index is 1.27. The van der Waals surface area contributed by atoms with Gasteiger partial charge in [-0.3, -0.25) is 0 Å². The molecule has 4 rings (SSSR count). The van der Waals surface area contributed by atoms with Gasteiger partial charge in [0.1, 0.15) is 29.1 Å². The van der Waals surface area contributed by atoms with Crippen LogP contribution in [-0.4, -0.2) is 34.5 Å². The quantitative estimate of drug-likeness (QED) is 0.612. The Morgan fingerprint density at radius 3 is 2.73 bits per heavy atom. The number of rotatable bonds is 7. The standard InChI is InChI=1S/C24H27N5O/c1-18-7-10-22(30-18)4-3-13-29-14-11-19(12-15-29)23-5-2-6-24(28-23)27-21-9-8-20(16-25)26-17-21/h2,5-10,17,19H,3-4,11-15H2,1H3,(H,27,28). The van der Waals surface area contributed by atoms with E-state index < -0.39 is 0 Å². The maximum atomic E-state index is 8.87. The van der Waals surface area contributed by atoms with Crippen LogP contribution in [0, 0.1) is 18.3 Å². The van der Waals surface area contributed by atoms with Crippen LogP contribution in [0.5, 0.6) is 0 Å². The lowest BCUT2D eigenvalue weighted by molar-refractivity contribution is 0.207. The van der Waals surface area contributed by atoms with Gasteiger partial charge in [-0.2, -0.15) is 5.26 Å². The maximum Gasteiger partial charge on any atom is 0.140 e. The first-order chi connectivity index (χ1) is 14.7. The highest BCUT2D eigenvalue weighted by Gasteiger charge is 2.21. The van der Waals surface area contributed by atoms with Crippen molar-refractivity contribution in [2.24, 2.45) is 0 Å². The van der Waals surface area contributed by atoms with E-state index in [0.29, 0.717) is 11.6 Å². The number of pyridine rings is 2. The molecule has 0 aliphatic carbocycles. The van der Waals surface area contributed by atoms with Gasteiger partial charge in [-0.25, -0.2) is 9.97 Å². The van der Waals surface area contributed by atoms with Gasteiger partial charge in [0.25, 0.3) is 0 Å². The third-order valence-electron chi connectivity index (χ3n) is 5.62. The summed E-state index contributed by atoms with van der Waals surface area (Å²) in [6, 6.07) is 15.9. The van der Waals surface area contributed by atoms with E-state index in [0.717, 1.165) is 74.0 Å². The molecule has 6 heteroatoms. The number of likely N-dealkylation sites (tertiary alicyclic amines) is 1. The highest BCUT2D eigenvalue weighted by Crippen LogP contribution is 2.28. The van der Waals surface area contributed by atoms with Crippen LogP contribution in [0.25, 0.3) is 0 Å². The van der Waals surface area contributed by atoms with Gasteiger partial charge < -0.3 is 14.6 Å². The number of nitriles is 1. The summed E-state index contributed by atoms with van der Waals surface area (Å²) in [6.07, 6.45) is 6.07. The zero-order chi connectivity index (χ0) is 20.8. The molecular formula is C24H27N5O. The molecule has 1 fully saturated rings. The molecule has 1 saturated heterocycles. The Bertz CT molecular complexity index is 997. The van der Waals surface area contributed by atoms with Crippen LogP contribution < -0.4 is 5.32 Å². The van der Waals surface area contributed by atoms with Crippen molar-refractivity contribution in [3.63, 3.8) is 0 Å². The molecule has 1 N–H and O–H groups in total. The van der Waals surface area contributed by atoms with Crippen LogP contribution in [0.15, 0.2) is 53.1 Å². The topological polar surface area (TPSA) is 78.0 Å². The molecular weight excluding hydrogens is 374 g/mol. The van der Waals surface area contributed by atoms with Crippen molar-refractivity contribution < 1.29 is 4.42 Å². The van der Waals surface area contributed by atoms with E-state index in [9.17, 15) is 0 Å². The molecule has 6 nitrogen and oxygen atoms in total. The number of nitrogens with one attached hydrogen (secondary N) is 1. The van der Waals surface area contributed by atoms with Crippen molar-refractivity contribution in [3.8, 4) is 6.07 Å². The first kappa shape index (κ1) is 20.1. The van der Waals surface area contributed by atoms with E-state index in [1.54, 1.807) is 12.3 Å². The molecule has 3 aromatic rings. The van der Waals surface area contributed by atoms with Crippen molar-refractivity contribution >= 4 is 11.5 Å². The minimum Gasteiger partial charge on any atom is -0.466 e. The summed E-state index contributed by atoms with van der Waals surface area (Å²) in [5, 5.41) is 12.2. The molecule has 1 aliphatic heterocycles. The second-order valence-electron chi connectivity index (χ2n) is 7.85. The van der Waals surface area contributed by atoms with E-state index >= 15 is 0 Å². The number of aryl methyl sites for hydroxylation is 2. The smallest absolute Gasteiger partial charge is 0.140 e. The van der Waals surface area contributed by atoms with Crippen LogP contribution in [-0.2, 0) is 6.42 Å². The largest absolute Gasteiger partial charge is 0.466 e. The normalized spacial score (nSPS) is 15.1. The van der Waals surface area contributed by atoms with Crippen molar-refractivity contribution in [2.75, 3.05) is 25.0 Å². The number of furan rings is 1. The third kappa shape index (κ3) is 5.25. The molecule has 154 valence electrons. The zero-order valence-electron chi connectivity index (χ0n) is 17.3. The number of nitrogens with zero attached hydrogens (tertiary/aromatic N) is 4. The third-order valence-corrected chi connectivity index (χ3v) is 5.62. The van der Waals surface area contributed by atoms with Crippen LogP contribution >= 0.6 is 0 Å². The Labute approximate surface area is 177 Å². The van der Waals surface area contributed by atoms with Crippen molar-refractivity contribution in [1.29, 1.82) is 5.26 Å². The Kier molecular flexibility index (Phi) is 6.41. The zero-order valence-corrected chi connectivity index (χ0v) is 17.3. The van der Waals surface area contributed by atoms with Crippen LogP contribution in [0.4, 0.5) is 11.5 Å². The van der Waals surface area contributed by atoms with E-state index in [1.165, 1.54) is 0 Å². The molecule has 0 radical (unpaired) electrons. The average molecular weight is 402 g/mol. The fourth-order valence-corrected chi connectivity index (χ4v) is 3.98. The van der Waals surface area contributed by atoms with Crippen LogP contribution in [0.1, 0.15) is 48.1 Å². The van der Waals surface area contributed by atoms with Crippen molar-refractivity contribution in [1.82, 2.24) is 14.9 Å². The number of hydrogen-bond donors (Lipinski definition) is 1. The lowest BCUT2D eigenvalue weighted by Gasteiger charge is -2.31. The predicted octanol–water partition coefficient (Wildman–Crippen LogP) is 4.81. The van der Waals surface area contributed by atoms with Gasteiger partial charge in [-0.05, 0) is 82.2 Å². The minimum atomic E-state index is 0.410. The lowest BCUT2D eigenvalue weighted by atomic mass is 9.93. The fourth-order valence-electron chi connectivity index (χ4n) is 3.98. The lowest BCUT2D eigenvalue weighted by Crippen LogP contribution is -2.34. The molecule has 4 heterocycles. The van der Waals surface area contributed by atoms with Gasteiger partial charge in [-0.1, -0.05) is 6.07 Å². The molecule has 0 amide bonds. The number of hydrogen-bond acceptors (Lipinski definition) is 6. The molecule has 30 heavy (non-hydrogen) atoms. The highest BCUT2D eigenvalue weighted by molar-refractivity contribution is 5.55. The summed E-state index contributed by atoms with van der Waals surface area (Å²) < 4.78 is 5.66. The van der Waals surface area contributed by atoms with Crippen LogP contribution in [0.3, 0.4) is 0 Å². The Morgan fingerprint density at radius 2 is 2.03 bits per heavy atom. The first-order valence-electron chi connectivity index (χ1n) is 10.6. The van der Waals surface area contributed by atoms with Crippen molar-refractivity contribution in [3.05, 3.63) is 71.6 Å². The highest BCUT2D eigenvalue weighted by atomic mass is 16.3. The van der Waals surface area contributed by atoms with E-state index in [1.807, 2.05) is 31.2 Å². The summed E-state index contributed by atoms with van der Waals surface area (Å²) in [5.74, 6) is 3.39. The molecule has 0 spiro atoms. The summed E-state index contributed by atoms with van der Waals surface area (Å²) >= 11 is 0. The molecule has 3 aromatic heterocycles. The molecule has 1 aliphatic rings. The van der Waals surface area contributed by atoms with Gasteiger partial charge in [0.2, 0.25) is 0 Å². The Hall–Kier alpha value is -3.17. The molecule has 0 saturated carbocycles. The number of piperidine rings is 1. The Morgan fingerprint density at radius 1 is 1.17 bits per heavy atom. The number of aromatic nitrogens is 2. The SMILES string of the molecule is Cc1ccc(CCCN2CCC(c3cccc(Nc4ccc(C#N)nc4)n3)CC2)o1. The van der Waals surface area contributed by atoms with Gasteiger partial charge >= 0.3 is 0 Å². The predicted molar refractivity (Wildman–Crippen MR) is 117 cm³/mol. The molecule has 0 bridgehead atoms. The van der Waals surface area contributed by atoms with E-state index in [4.69, 9.17) is 14.7 Å². The number of anilines is 2. The second kappa shape index (κ2) is 9.55. The summed E-state index contributed by atoms with van der Waals surface area (Å²) in [4.78, 5) is 11.5. The van der Waals surface area contributed by atoms with Crippen molar-refractivity contribution in [2.45, 2.75) is 38.5 Å². The molecule has 0 unspecified atom stereocenters. The van der Waals surface area contributed by atoms with Gasteiger partial charge in [0.05, 0.1) is 11.9 Å². The summed E-state index contributed by atoms with van der Waals surface area (Å²) in [7, 11) is 0. The van der Waals surface area contributed by atoms with Crippen LogP contribution in [0.2, 0.25) is 0 Å².